The number of rotatable bonds is 2. The Hall–Kier alpha value is -5.14. The molecule has 9 rings (SSSR count). The van der Waals surface area contributed by atoms with Crippen molar-refractivity contribution in [3.63, 3.8) is 0 Å². The highest BCUT2D eigenvalue weighted by Crippen LogP contribution is 2.48. The maximum Gasteiger partial charge on any atom is 0.136 e. The van der Waals surface area contributed by atoms with Crippen LogP contribution in [0.3, 0.4) is 0 Å². The molecule has 0 fully saturated rings. The van der Waals surface area contributed by atoms with Crippen molar-refractivity contribution in [1.29, 1.82) is 0 Å². The second-order valence-corrected chi connectivity index (χ2v) is 10.6. The highest BCUT2D eigenvalue weighted by atomic mass is 16.3. The molecule has 39 heavy (non-hydrogen) atoms. The van der Waals surface area contributed by atoms with Gasteiger partial charge in [-0.05, 0) is 102 Å². The predicted octanol–water partition coefficient (Wildman–Crippen LogP) is 10.9. The van der Waals surface area contributed by atoms with Crippen LogP contribution in [0.15, 0.2) is 138 Å². The molecule has 0 spiro atoms. The Morgan fingerprint density at radius 2 is 1.03 bits per heavy atom. The smallest absolute Gasteiger partial charge is 0.136 e. The van der Waals surface area contributed by atoms with Gasteiger partial charge >= 0.3 is 0 Å². The lowest BCUT2D eigenvalue weighted by atomic mass is 9.94. The lowest BCUT2D eigenvalue weighted by Crippen LogP contribution is -1.84. The van der Waals surface area contributed by atoms with E-state index in [4.69, 9.17) is 4.42 Å². The maximum absolute atomic E-state index is 6.10. The van der Waals surface area contributed by atoms with E-state index in [1.165, 1.54) is 71.4 Å². The topological polar surface area (TPSA) is 13.1 Å². The third-order valence-electron chi connectivity index (χ3n) is 8.37. The van der Waals surface area contributed by atoms with Crippen molar-refractivity contribution in [2.75, 3.05) is 0 Å². The summed E-state index contributed by atoms with van der Waals surface area (Å²) in [5.41, 5.74) is 12.2. The summed E-state index contributed by atoms with van der Waals surface area (Å²) >= 11 is 0. The highest BCUT2D eigenvalue weighted by Gasteiger charge is 2.21. The summed E-state index contributed by atoms with van der Waals surface area (Å²) in [6.45, 7) is 0. The zero-order chi connectivity index (χ0) is 25.5. The van der Waals surface area contributed by atoms with Gasteiger partial charge in [0.25, 0.3) is 0 Å². The molecule has 0 saturated carbocycles. The molecule has 0 unspecified atom stereocenters. The van der Waals surface area contributed by atoms with Crippen molar-refractivity contribution in [3.05, 3.63) is 133 Å². The average Bonchev–Trinajstić information content (AvgIpc) is 3.52. The second-order valence-electron chi connectivity index (χ2n) is 10.6. The third kappa shape index (κ3) is 3.02. The zero-order valence-electron chi connectivity index (χ0n) is 21.1. The van der Waals surface area contributed by atoms with Gasteiger partial charge in [0, 0.05) is 10.8 Å². The van der Waals surface area contributed by atoms with Gasteiger partial charge in [-0.3, -0.25) is 0 Å². The molecule has 0 aliphatic heterocycles. The molecule has 1 nitrogen and oxygen atoms in total. The van der Waals surface area contributed by atoms with Crippen LogP contribution in [0.25, 0.3) is 88.0 Å². The van der Waals surface area contributed by atoms with E-state index in [2.05, 4.69) is 121 Å². The van der Waals surface area contributed by atoms with Crippen LogP contribution in [0.5, 0.6) is 0 Å². The van der Waals surface area contributed by atoms with Crippen LogP contribution in [0.4, 0.5) is 0 Å². The molecule has 0 radical (unpaired) electrons. The van der Waals surface area contributed by atoms with E-state index in [9.17, 15) is 0 Å². The van der Waals surface area contributed by atoms with Crippen LogP contribution < -0.4 is 0 Å². The van der Waals surface area contributed by atoms with Gasteiger partial charge in [-0.1, -0.05) is 97.1 Å². The van der Waals surface area contributed by atoms with Gasteiger partial charge in [0.2, 0.25) is 0 Å². The minimum absolute atomic E-state index is 0.936. The van der Waals surface area contributed by atoms with E-state index in [-0.39, 0.29) is 0 Å². The molecule has 0 saturated heterocycles. The number of hydrogen-bond acceptors (Lipinski definition) is 1. The van der Waals surface area contributed by atoms with Gasteiger partial charge in [-0.25, -0.2) is 0 Å². The molecule has 1 aliphatic carbocycles. The van der Waals surface area contributed by atoms with Crippen LogP contribution >= 0.6 is 0 Å². The van der Waals surface area contributed by atoms with Crippen LogP contribution in [0.2, 0.25) is 0 Å². The lowest BCUT2D eigenvalue weighted by molar-refractivity contribution is 0.669. The largest absolute Gasteiger partial charge is 0.456 e. The third-order valence-corrected chi connectivity index (χ3v) is 8.37. The standard InChI is InChI=1S/C38H22O/c1-2-8-31-30(7-1)33-10-5-6-27-19-28(21-35(31)38(27)33)24-14-12-23(13-15-24)25-16-17-26-22-37-34(20-29(26)18-25)32-9-3-4-11-36(32)39-37/h1-22H. The first kappa shape index (κ1) is 20.9. The summed E-state index contributed by atoms with van der Waals surface area (Å²) in [4.78, 5) is 0. The SMILES string of the molecule is c1ccc2c(c1)-c1cccc3cc(-c4ccc(-c5ccc6cc7oc8ccccc8c7cc6c5)cc4)cc-2c13. The first-order valence-corrected chi connectivity index (χ1v) is 13.4. The molecule has 1 aromatic heterocycles. The molecule has 7 aromatic carbocycles. The molecule has 0 amide bonds. The van der Waals surface area contributed by atoms with Crippen molar-refractivity contribution in [3.8, 4) is 44.5 Å². The molecular weight excluding hydrogens is 472 g/mol. The molecule has 0 bridgehead atoms. The van der Waals surface area contributed by atoms with Crippen molar-refractivity contribution in [2.45, 2.75) is 0 Å². The number of hydrogen-bond donors (Lipinski definition) is 0. The number of benzene rings is 7. The Morgan fingerprint density at radius 3 is 1.90 bits per heavy atom. The van der Waals surface area contributed by atoms with E-state index >= 15 is 0 Å². The Labute approximate surface area is 225 Å². The van der Waals surface area contributed by atoms with E-state index in [0.717, 1.165) is 16.6 Å². The van der Waals surface area contributed by atoms with Crippen molar-refractivity contribution in [1.82, 2.24) is 0 Å². The second kappa shape index (κ2) is 7.69. The summed E-state index contributed by atoms with van der Waals surface area (Å²) in [7, 11) is 0. The molecule has 1 heteroatoms. The number of furan rings is 1. The van der Waals surface area contributed by atoms with Gasteiger partial charge in [0.1, 0.15) is 11.2 Å². The molecule has 8 aromatic rings. The summed E-state index contributed by atoms with van der Waals surface area (Å²) in [5.74, 6) is 0. The van der Waals surface area contributed by atoms with E-state index in [1.807, 2.05) is 12.1 Å². The first-order valence-electron chi connectivity index (χ1n) is 13.4. The van der Waals surface area contributed by atoms with Crippen molar-refractivity contribution >= 4 is 43.5 Å². The van der Waals surface area contributed by atoms with E-state index in [1.54, 1.807) is 0 Å². The predicted molar refractivity (Wildman–Crippen MR) is 164 cm³/mol. The van der Waals surface area contributed by atoms with E-state index < -0.39 is 0 Å². The minimum Gasteiger partial charge on any atom is -0.456 e. The van der Waals surface area contributed by atoms with Gasteiger partial charge < -0.3 is 4.42 Å². The van der Waals surface area contributed by atoms with Crippen LogP contribution in [-0.4, -0.2) is 0 Å². The van der Waals surface area contributed by atoms with Crippen LogP contribution in [0.1, 0.15) is 0 Å². The molecule has 180 valence electrons. The van der Waals surface area contributed by atoms with Crippen LogP contribution in [0, 0.1) is 0 Å². The van der Waals surface area contributed by atoms with Gasteiger partial charge in [0.15, 0.2) is 0 Å². The Balaban J connectivity index is 1.13. The van der Waals surface area contributed by atoms with Gasteiger partial charge in [-0.15, -0.1) is 0 Å². The fourth-order valence-corrected chi connectivity index (χ4v) is 6.49. The fourth-order valence-electron chi connectivity index (χ4n) is 6.49. The first-order chi connectivity index (χ1) is 19.3. The summed E-state index contributed by atoms with van der Waals surface area (Å²) in [5, 5.41) is 7.42. The Kier molecular flexibility index (Phi) is 4.11. The van der Waals surface area contributed by atoms with Gasteiger partial charge in [0.05, 0.1) is 0 Å². The molecule has 0 N–H and O–H groups in total. The Morgan fingerprint density at radius 1 is 0.333 bits per heavy atom. The van der Waals surface area contributed by atoms with Crippen molar-refractivity contribution in [2.24, 2.45) is 0 Å². The molecule has 1 heterocycles. The minimum atomic E-state index is 0.936. The highest BCUT2D eigenvalue weighted by molar-refractivity contribution is 6.16. The number of fused-ring (bicyclic) bond motifs is 7. The van der Waals surface area contributed by atoms with E-state index in [0.29, 0.717) is 0 Å². The zero-order valence-corrected chi connectivity index (χ0v) is 21.1. The maximum atomic E-state index is 6.10. The molecule has 1 aliphatic rings. The fraction of sp³-hybridized carbons (Fsp3) is 0. The normalized spacial score (nSPS) is 12.1. The van der Waals surface area contributed by atoms with Crippen LogP contribution in [-0.2, 0) is 0 Å². The van der Waals surface area contributed by atoms with Gasteiger partial charge in [-0.2, -0.15) is 0 Å². The lowest BCUT2D eigenvalue weighted by Gasteiger charge is -2.10. The monoisotopic (exact) mass is 494 g/mol. The Bertz CT molecular complexity index is 2260. The average molecular weight is 495 g/mol. The quantitative estimate of drug-likeness (QED) is 0.233. The summed E-state index contributed by atoms with van der Waals surface area (Å²) in [6, 6.07) is 48.5. The summed E-state index contributed by atoms with van der Waals surface area (Å²) in [6.07, 6.45) is 0. The molecule has 0 atom stereocenters. The number of para-hydroxylation sites is 1. The van der Waals surface area contributed by atoms with Crippen molar-refractivity contribution < 1.29 is 4.42 Å². The molecular formula is C38H22O. The summed E-state index contributed by atoms with van der Waals surface area (Å²) < 4.78 is 6.10.